The minimum atomic E-state index is -4.47. The fourth-order valence-electron chi connectivity index (χ4n) is 6.28. The standard InChI is InChI=1S/C41H80NO8P/c1-3-5-7-9-11-13-15-17-19-21-23-25-27-29-31-33-40(44)39(41(45)48-37-38(36-43)50-51(46,47)49-35-34-42)32-30-28-26-24-22-20-18-16-14-12-10-8-6-4-2/h18,20,38-39,43H,3-17,19,21-37,42H2,1-2H3,(H,46,47)/t38-,39?/m0/s1. The minimum absolute atomic E-state index is 0.0196. The van der Waals surface area contributed by atoms with E-state index >= 15 is 0 Å². The lowest BCUT2D eigenvalue weighted by atomic mass is 9.93. The van der Waals surface area contributed by atoms with Gasteiger partial charge in [-0.3, -0.25) is 18.6 Å². The molecule has 9 nitrogen and oxygen atoms in total. The second-order valence-electron chi connectivity index (χ2n) is 14.4. The van der Waals surface area contributed by atoms with E-state index < -0.39 is 39.0 Å². The maximum absolute atomic E-state index is 13.2. The third kappa shape index (κ3) is 33.2. The molecule has 4 N–H and O–H groups in total. The Balaban J connectivity index is 4.54. The Labute approximate surface area is 313 Å². The van der Waals surface area contributed by atoms with Gasteiger partial charge in [-0.2, -0.15) is 0 Å². The van der Waals surface area contributed by atoms with E-state index in [1.807, 2.05) is 0 Å². The van der Waals surface area contributed by atoms with Crippen LogP contribution in [0.3, 0.4) is 0 Å². The topological polar surface area (TPSA) is 145 Å². The van der Waals surface area contributed by atoms with Crippen LogP contribution in [0.25, 0.3) is 0 Å². The summed E-state index contributed by atoms with van der Waals surface area (Å²) >= 11 is 0. The van der Waals surface area contributed by atoms with E-state index in [1.165, 1.54) is 116 Å². The first-order valence-corrected chi connectivity index (χ1v) is 22.6. The van der Waals surface area contributed by atoms with E-state index in [2.05, 4.69) is 26.0 Å². The van der Waals surface area contributed by atoms with E-state index in [1.54, 1.807) is 0 Å². The highest BCUT2D eigenvalue weighted by molar-refractivity contribution is 7.47. The third-order valence-electron chi connectivity index (χ3n) is 9.47. The van der Waals surface area contributed by atoms with Crippen molar-refractivity contribution < 1.29 is 37.9 Å². The number of unbranched alkanes of at least 4 members (excludes halogenated alkanes) is 24. The molecule has 0 aliphatic rings. The largest absolute Gasteiger partial charge is 0.472 e. The van der Waals surface area contributed by atoms with Gasteiger partial charge < -0.3 is 20.5 Å². The van der Waals surface area contributed by atoms with Gasteiger partial charge in [0.15, 0.2) is 0 Å². The molecule has 302 valence electrons. The van der Waals surface area contributed by atoms with Crippen molar-refractivity contribution in [2.24, 2.45) is 11.7 Å². The van der Waals surface area contributed by atoms with Crippen LogP contribution >= 0.6 is 7.82 Å². The summed E-state index contributed by atoms with van der Waals surface area (Å²) in [7, 11) is -4.47. The van der Waals surface area contributed by atoms with Gasteiger partial charge in [-0.1, -0.05) is 167 Å². The Bertz CT molecular complexity index is 871. The molecule has 0 saturated heterocycles. The smallest absolute Gasteiger partial charge is 0.462 e. The molecule has 0 bridgehead atoms. The Morgan fingerprint density at radius 2 is 1.10 bits per heavy atom. The monoisotopic (exact) mass is 746 g/mol. The second-order valence-corrected chi connectivity index (χ2v) is 15.8. The fraction of sp³-hybridized carbons (Fsp3) is 0.902. The molecule has 0 saturated carbocycles. The molecule has 51 heavy (non-hydrogen) atoms. The van der Waals surface area contributed by atoms with Gasteiger partial charge in [0.25, 0.3) is 0 Å². The highest BCUT2D eigenvalue weighted by atomic mass is 31.2. The molecule has 2 unspecified atom stereocenters. The number of carbonyl (C=O) groups is 2. The Morgan fingerprint density at radius 3 is 1.55 bits per heavy atom. The molecule has 0 rings (SSSR count). The van der Waals surface area contributed by atoms with Crippen molar-refractivity contribution >= 4 is 19.6 Å². The molecule has 0 aromatic rings. The van der Waals surface area contributed by atoms with E-state index in [0.29, 0.717) is 12.8 Å². The normalized spacial score (nSPS) is 14.1. The molecule has 0 aliphatic carbocycles. The molecular formula is C41H80NO8P. The lowest BCUT2D eigenvalue weighted by Gasteiger charge is -2.20. The first kappa shape index (κ1) is 49.9. The molecule has 0 aliphatic heterocycles. The van der Waals surface area contributed by atoms with Gasteiger partial charge in [-0.15, -0.1) is 0 Å². The van der Waals surface area contributed by atoms with Crippen molar-refractivity contribution in [3.63, 3.8) is 0 Å². The molecule has 0 fully saturated rings. The molecular weight excluding hydrogens is 665 g/mol. The fourth-order valence-corrected chi connectivity index (χ4v) is 7.18. The number of aliphatic hydroxyl groups excluding tert-OH is 1. The van der Waals surface area contributed by atoms with Crippen molar-refractivity contribution in [3.05, 3.63) is 12.2 Å². The number of carbonyl (C=O) groups excluding carboxylic acids is 2. The van der Waals surface area contributed by atoms with Crippen LogP contribution in [0.4, 0.5) is 0 Å². The number of Topliss-reactive ketones (excluding diaryl/α,β-unsaturated/α-hetero) is 1. The Kier molecular flexibility index (Phi) is 36.4. The maximum Gasteiger partial charge on any atom is 0.472 e. The summed E-state index contributed by atoms with van der Waals surface area (Å²) in [4.78, 5) is 36.2. The van der Waals surface area contributed by atoms with Gasteiger partial charge in [0.2, 0.25) is 0 Å². The van der Waals surface area contributed by atoms with Crippen LogP contribution in [-0.4, -0.2) is 54.2 Å². The lowest BCUT2D eigenvalue weighted by Crippen LogP contribution is -2.31. The minimum Gasteiger partial charge on any atom is -0.462 e. The van der Waals surface area contributed by atoms with Crippen molar-refractivity contribution in [2.75, 3.05) is 26.4 Å². The van der Waals surface area contributed by atoms with Crippen molar-refractivity contribution in [1.82, 2.24) is 0 Å². The molecule has 10 heteroatoms. The van der Waals surface area contributed by atoms with Gasteiger partial charge in [0, 0.05) is 13.0 Å². The number of aliphatic hydroxyl groups is 1. The number of ether oxygens (including phenoxy) is 1. The number of hydrogen-bond donors (Lipinski definition) is 3. The van der Waals surface area contributed by atoms with Crippen LogP contribution in [-0.2, 0) is 27.9 Å². The zero-order chi connectivity index (χ0) is 37.7. The summed E-state index contributed by atoms with van der Waals surface area (Å²) in [5.41, 5.74) is 5.31. The Hall–Kier alpha value is -1.09. The van der Waals surface area contributed by atoms with Gasteiger partial charge in [-0.05, 0) is 38.5 Å². The number of esters is 1. The number of hydrogen-bond acceptors (Lipinski definition) is 8. The van der Waals surface area contributed by atoms with Gasteiger partial charge >= 0.3 is 13.8 Å². The SMILES string of the molecule is CCCCCCCCC=CCCCCCCC(C(=O)CCCCCCCCCCCCCCCCC)C(=O)OC[C@H](CO)OP(=O)(O)OCCN. The van der Waals surface area contributed by atoms with Crippen LogP contribution in [0.5, 0.6) is 0 Å². The van der Waals surface area contributed by atoms with Crippen LogP contribution in [0, 0.1) is 5.92 Å². The molecule has 0 aromatic carbocycles. The van der Waals surface area contributed by atoms with Gasteiger partial charge in [0.05, 0.1) is 13.2 Å². The number of phosphoric acid groups is 1. The number of allylic oxidation sites excluding steroid dienone is 2. The Morgan fingerprint density at radius 1 is 0.667 bits per heavy atom. The van der Waals surface area contributed by atoms with Gasteiger partial charge in [-0.25, -0.2) is 4.57 Å². The molecule has 0 spiro atoms. The third-order valence-corrected chi connectivity index (χ3v) is 10.5. The van der Waals surface area contributed by atoms with Crippen molar-refractivity contribution in [1.29, 1.82) is 0 Å². The van der Waals surface area contributed by atoms with E-state index in [4.69, 9.17) is 19.5 Å². The summed E-state index contributed by atoms with van der Waals surface area (Å²) in [6.45, 7) is 3.21. The highest BCUT2D eigenvalue weighted by Gasteiger charge is 2.30. The van der Waals surface area contributed by atoms with Crippen molar-refractivity contribution in [2.45, 2.75) is 206 Å². The molecule has 3 atom stereocenters. The molecule has 0 heterocycles. The van der Waals surface area contributed by atoms with Crippen LogP contribution in [0.15, 0.2) is 12.2 Å². The molecule has 0 aromatic heterocycles. The first-order chi connectivity index (χ1) is 24.8. The van der Waals surface area contributed by atoms with E-state index in [9.17, 15) is 24.2 Å². The van der Waals surface area contributed by atoms with E-state index in [0.717, 1.165) is 57.8 Å². The highest BCUT2D eigenvalue weighted by Crippen LogP contribution is 2.44. The number of ketones is 1. The van der Waals surface area contributed by atoms with Crippen LogP contribution in [0.1, 0.15) is 200 Å². The average Bonchev–Trinajstić information content (AvgIpc) is 3.12. The number of rotatable bonds is 40. The predicted molar refractivity (Wildman–Crippen MR) is 211 cm³/mol. The summed E-state index contributed by atoms with van der Waals surface area (Å²) in [6, 6.07) is 0. The number of nitrogens with two attached hydrogens (primary N) is 1. The van der Waals surface area contributed by atoms with Crippen LogP contribution in [0.2, 0.25) is 0 Å². The summed E-state index contributed by atoms with van der Waals surface area (Å²) < 4.78 is 27.1. The zero-order valence-electron chi connectivity index (χ0n) is 33.0. The quantitative estimate of drug-likeness (QED) is 0.0183. The molecule has 0 amide bonds. The first-order valence-electron chi connectivity index (χ1n) is 21.1. The molecule has 0 radical (unpaired) electrons. The van der Waals surface area contributed by atoms with E-state index in [-0.39, 0.29) is 18.9 Å². The second kappa shape index (κ2) is 37.2. The number of phosphoric ester groups is 1. The summed E-state index contributed by atoms with van der Waals surface area (Å²) in [6.07, 6.45) is 36.6. The summed E-state index contributed by atoms with van der Waals surface area (Å²) in [5, 5.41) is 9.62. The summed E-state index contributed by atoms with van der Waals surface area (Å²) in [5.74, 6) is -1.67. The lowest BCUT2D eigenvalue weighted by molar-refractivity contribution is -0.155. The van der Waals surface area contributed by atoms with Crippen molar-refractivity contribution in [3.8, 4) is 0 Å². The van der Waals surface area contributed by atoms with Crippen LogP contribution < -0.4 is 5.73 Å². The maximum atomic E-state index is 13.2. The van der Waals surface area contributed by atoms with Gasteiger partial charge in [0.1, 0.15) is 24.4 Å². The predicted octanol–water partition coefficient (Wildman–Crippen LogP) is 11.1. The average molecular weight is 746 g/mol. The zero-order valence-corrected chi connectivity index (χ0v) is 33.9.